The van der Waals surface area contributed by atoms with Crippen molar-refractivity contribution in [3.63, 3.8) is 0 Å². The Morgan fingerprint density at radius 2 is 1.73 bits per heavy atom. The van der Waals surface area contributed by atoms with Crippen molar-refractivity contribution >= 4 is 13.4 Å². The normalized spacial score (nSPS) is 16.1. The number of hydrogen-bond acceptors (Lipinski definition) is 5. The lowest BCUT2D eigenvalue weighted by molar-refractivity contribution is -0.119. The summed E-state index contributed by atoms with van der Waals surface area (Å²) in [5.41, 5.74) is 0. The highest BCUT2D eigenvalue weighted by Crippen LogP contribution is 2.59. The lowest BCUT2D eigenvalue weighted by atomic mass is 10.2. The summed E-state index contributed by atoms with van der Waals surface area (Å²) < 4.78 is 22.1. The van der Waals surface area contributed by atoms with E-state index in [4.69, 9.17) is 9.05 Å². The van der Waals surface area contributed by atoms with Gasteiger partial charge < -0.3 is 14.2 Å². The molecule has 6 heteroatoms. The summed E-state index contributed by atoms with van der Waals surface area (Å²) in [5.74, 6) is -0.264. The fourth-order valence-corrected chi connectivity index (χ4v) is 2.95. The van der Waals surface area contributed by atoms with Gasteiger partial charge >= 0.3 is 7.60 Å². The van der Waals surface area contributed by atoms with Gasteiger partial charge in [-0.3, -0.25) is 9.36 Å². The molecule has 0 bridgehead atoms. The van der Waals surface area contributed by atoms with Gasteiger partial charge in [0.2, 0.25) is 0 Å². The standard InChI is InChI=1S/C9H19O5P/c1-5-13-15(12,14-6-2)9(4,11)7-8(3)10/h11H,5-7H2,1-4H3. The molecular formula is C9H19O5P. The first-order chi connectivity index (χ1) is 6.79. The van der Waals surface area contributed by atoms with Gasteiger partial charge in [-0.05, 0) is 27.7 Å². The van der Waals surface area contributed by atoms with Gasteiger partial charge in [0.15, 0.2) is 5.34 Å². The Balaban J connectivity index is 4.87. The van der Waals surface area contributed by atoms with E-state index in [1.165, 1.54) is 13.8 Å². The van der Waals surface area contributed by atoms with Crippen LogP contribution in [-0.2, 0) is 18.4 Å². The summed E-state index contributed by atoms with van der Waals surface area (Å²) in [6.45, 7) is 6.22. The van der Waals surface area contributed by atoms with Gasteiger partial charge in [-0.2, -0.15) is 0 Å². The van der Waals surface area contributed by atoms with Crippen molar-refractivity contribution in [2.45, 2.75) is 39.5 Å². The summed E-state index contributed by atoms with van der Waals surface area (Å²) in [6, 6.07) is 0. The maximum atomic E-state index is 12.1. The van der Waals surface area contributed by atoms with Gasteiger partial charge in [-0.25, -0.2) is 0 Å². The highest BCUT2D eigenvalue weighted by molar-refractivity contribution is 7.55. The van der Waals surface area contributed by atoms with Crippen LogP contribution in [0, 0.1) is 0 Å². The Morgan fingerprint density at radius 3 is 2.00 bits per heavy atom. The van der Waals surface area contributed by atoms with E-state index in [2.05, 4.69) is 0 Å². The van der Waals surface area contributed by atoms with E-state index in [1.807, 2.05) is 0 Å². The average molecular weight is 238 g/mol. The second-order valence-electron chi connectivity index (χ2n) is 3.43. The molecule has 0 aromatic heterocycles. The molecule has 0 radical (unpaired) electrons. The van der Waals surface area contributed by atoms with Crippen molar-refractivity contribution in [1.82, 2.24) is 0 Å². The zero-order chi connectivity index (χ0) is 12.1. The molecule has 5 nitrogen and oxygen atoms in total. The van der Waals surface area contributed by atoms with E-state index in [9.17, 15) is 14.5 Å². The van der Waals surface area contributed by atoms with Crippen molar-refractivity contribution in [3.8, 4) is 0 Å². The highest BCUT2D eigenvalue weighted by atomic mass is 31.2. The molecule has 0 aliphatic carbocycles. The first-order valence-corrected chi connectivity index (χ1v) is 6.44. The minimum Gasteiger partial charge on any atom is -0.377 e. The summed E-state index contributed by atoms with van der Waals surface area (Å²) >= 11 is 0. The first-order valence-electron chi connectivity index (χ1n) is 4.90. The van der Waals surface area contributed by atoms with E-state index in [-0.39, 0.29) is 25.4 Å². The number of hydrogen-bond donors (Lipinski definition) is 1. The van der Waals surface area contributed by atoms with Gasteiger partial charge in [-0.1, -0.05) is 0 Å². The molecule has 0 saturated heterocycles. The van der Waals surface area contributed by atoms with Crippen LogP contribution in [0.15, 0.2) is 0 Å². The lowest BCUT2D eigenvalue weighted by Gasteiger charge is -2.30. The quantitative estimate of drug-likeness (QED) is 0.686. The average Bonchev–Trinajstić information content (AvgIpc) is 2.02. The van der Waals surface area contributed by atoms with Crippen molar-refractivity contribution in [2.24, 2.45) is 0 Å². The van der Waals surface area contributed by atoms with Gasteiger partial charge in [0.1, 0.15) is 5.78 Å². The summed E-state index contributed by atoms with van der Waals surface area (Å²) in [7, 11) is -3.64. The van der Waals surface area contributed by atoms with Crippen molar-refractivity contribution in [3.05, 3.63) is 0 Å². The largest absolute Gasteiger partial charge is 0.377 e. The minimum atomic E-state index is -3.64. The molecule has 90 valence electrons. The molecule has 0 aliphatic rings. The molecule has 0 saturated carbocycles. The van der Waals surface area contributed by atoms with Crippen molar-refractivity contribution < 1.29 is 23.5 Å². The third kappa shape index (κ3) is 4.03. The summed E-state index contributed by atoms with van der Waals surface area (Å²) in [6.07, 6.45) is -0.246. The van der Waals surface area contributed by atoms with Crippen LogP contribution >= 0.6 is 7.60 Å². The van der Waals surface area contributed by atoms with E-state index >= 15 is 0 Å². The Bertz CT molecular complexity index is 251. The molecule has 0 heterocycles. The zero-order valence-electron chi connectivity index (χ0n) is 9.65. The second-order valence-corrected chi connectivity index (χ2v) is 5.90. The molecule has 15 heavy (non-hydrogen) atoms. The van der Waals surface area contributed by atoms with E-state index in [1.54, 1.807) is 13.8 Å². The van der Waals surface area contributed by atoms with Crippen LogP contribution in [0.3, 0.4) is 0 Å². The summed E-state index contributed by atoms with van der Waals surface area (Å²) in [4.78, 5) is 10.9. The smallest absolute Gasteiger partial charge is 0.362 e. The maximum absolute atomic E-state index is 12.1. The Kier molecular flexibility index (Phi) is 5.67. The van der Waals surface area contributed by atoms with Crippen LogP contribution in [0.1, 0.15) is 34.1 Å². The molecule has 0 fully saturated rings. The number of rotatable bonds is 7. The van der Waals surface area contributed by atoms with Crippen LogP contribution in [0.25, 0.3) is 0 Å². The molecule has 0 aliphatic heterocycles. The monoisotopic (exact) mass is 238 g/mol. The third-order valence-electron chi connectivity index (χ3n) is 1.77. The Labute approximate surface area is 90.3 Å². The topological polar surface area (TPSA) is 72.8 Å². The minimum absolute atomic E-state index is 0.158. The van der Waals surface area contributed by atoms with Gasteiger partial charge in [0.05, 0.1) is 13.2 Å². The molecule has 0 amide bonds. The molecule has 0 aromatic rings. The molecule has 1 unspecified atom stereocenters. The van der Waals surface area contributed by atoms with Crippen LogP contribution in [0.2, 0.25) is 0 Å². The zero-order valence-corrected chi connectivity index (χ0v) is 10.5. The maximum Gasteiger partial charge on any atom is 0.362 e. The molecule has 1 N–H and O–H groups in total. The van der Waals surface area contributed by atoms with E-state index < -0.39 is 12.9 Å². The number of Topliss-reactive ketones (excluding diaryl/α,β-unsaturated/α-hetero) is 1. The third-order valence-corrected chi connectivity index (χ3v) is 4.31. The molecule has 0 rings (SSSR count). The second kappa shape index (κ2) is 5.75. The van der Waals surface area contributed by atoms with Crippen LogP contribution < -0.4 is 0 Å². The highest BCUT2D eigenvalue weighted by Gasteiger charge is 2.46. The molecule has 0 spiro atoms. The number of carbonyl (C=O) groups is 1. The number of aliphatic hydroxyl groups is 1. The Hall–Kier alpha value is -0.220. The Morgan fingerprint density at radius 1 is 1.33 bits per heavy atom. The van der Waals surface area contributed by atoms with E-state index in [0.717, 1.165) is 0 Å². The fraction of sp³-hybridized carbons (Fsp3) is 0.889. The van der Waals surface area contributed by atoms with Gasteiger partial charge in [0.25, 0.3) is 0 Å². The SMILES string of the molecule is CCOP(=O)(OCC)C(C)(O)CC(C)=O. The molecule has 0 aromatic carbocycles. The molecule has 1 atom stereocenters. The number of carbonyl (C=O) groups excluding carboxylic acids is 1. The first kappa shape index (κ1) is 14.8. The fourth-order valence-electron chi connectivity index (χ4n) is 1.22. The van der Waals surface area contributed by atoms with Gasteiger partial charge in [-0.15, -0.1) is 0 Å². The lowest BCUT2D eigenvalue weighted by Crippen LogP contribution is -2.29. The van der Waals surface area contributed by atoms with Crippen LogP contribution in [0.4, 0.5) is 0 Å². The van der Waals surface area contributed by atoms with Crippen molar-refractivity contribution in [2.75, 3.05) is 13.2 Å². The predicted octanol–water partition coefficient (Wildman–Crippen LogP) is 1.94. The van der Waals surface area contributed by atoms with Crippen LogP contribution in [0.5, 0.6) is 0 Å². The van der Waals surface area contributed by atoms with Gasteiger partial charge in [0, 0.05) is 6.42 Å². The predicted molar refractivity (Wildman–Crippen MR) is 56.8 cm³/mol. The molecular weight excluding hydrogens is 219 g/mol. The summed E-state index contributed by atoms with van der Waals surface area (Å²) in [5, 5.41) is 8.17. The van der Waals surface area contributed by atoms with E-state index in [0.29, 0.717) is 0 Å². The van der Waals surface area contributed by atoms with Crippen LogP contribution in [-0.4, -0.2) is 29.4 Å². The van der Waals surface area contributed by atoms with Crippen molar-refractivity contribution in [1.29, 1.82) is 0 Å². The number of ketones is 1.